The van der Waals surface area contributed by atoms with Gasteiger partial charge in [0.05, 0.1) is 6.61 Å². The molecule has 0 aromatic carbocycles. The van der Waals surface area contributed by atoms with Crippen molar-refractivity contribution in [3.8, 4) is 0 Å². The van der Waals surface area contributed by atoms with Gasteiger partial charge in [0.25, 0.3) is 0 Å². The van der Waals surface area contributed by atoms with Crippen LogP contribution in [0.5, 0.6) is 0 Å². The van der Waals surface area contributed by atoms with Gasteiger partial charge in [0.1, 0.15) is 5.54 Å². The van der Waals surface area contributed by atoms with Crippen LogP contribution in [-0.4, -0.2) is 49.7 Å². The van der Waals surface area contributed by atoms with Crippen LogP contribution in [0.25, 0.3) is 0 Å². The maximum absolute atomic E-state index is 12.4. The maximum atomic E-state index is 12.4. The van der Waals surface area contributed by atoms with Crippen molar-refractivity contribution >= 4 is 5.97 Å². The average Bonchev–Trinajstić information content (AvgIpc) is 3.23. The number of likely N-dealkylation sites (N-methyl/N-ethyl adjacent to an activating group) is 1. The van der Waals surface area contributed by atoms with Crippen LogP contribution in [0.1, 0.15) is 45.4 Å². The third-order valence-corrected chi connectivity index (χ3v) is 4.53. The summed E-state index contributed by atoms with van der Waals surface area (Å²) in [5.41, 5.74) is -0.472. The van der Waals surface area contributed by atoms with Crippen molar-refractivity contribution in [1.82, 2.24) is 10.2 Å². The van der Waals surface area contributed by atoms with Gasteiger partial charge < -0.3 is 15.0 Å². The fourth-order valence-corrected chi connectivity index (χ4v) is 3.23. The molecule has 0 spiro atoms. The van der Waals surface area contributed by atoms with Gasteiger partial charge in [-0.25, -0.2) is 4.79 Å². The first-order valence-electron chi connectivity index (χ1n) is 7.81. The highest BCUT2D eigenvalue weighted by molar-refractivity contribution is 5.82. The van der Waals surface area contributed by atoms with E-state index < -0.39 is 5.54 Å². The lowest BCUT2D eigenvalue weighted by Gasteiger charge is -2.36. The minimum atomic E-state index is -0.472. The molecule has 0 bridgehead atoms. The second-order valence-electron chi connectivity index (χ2n) is 5.91. The number of ether oxygens (including phenoxy) is 1. The van der Waals surface area contributed by atoms with E-state index in [9.17, 15) is 4.79 Å². The SMILES string of the molecule is CCOC(=O)C(CN1CCCCCC1)(NC)C1CC1. The summed E-state index contributed by atoms with van der Waals surface area (Å²) in [7, 11) is 1.91. The van der Waals surface area contributed by atoms with E-state index in [-0.39, 0.29) is 5.97 Å². The first-order chi connectivity index (χ1) is 9.23. The molecule has 19 heavy (non-hydrogen) atoms. The first kappa shape index (κ1) is 14.8. The Morgan fingerprint density at radius 1 is 1.26 bits per heavy atom. The van der Waals surface area contributed by atoms with Crippen LogP contribution in [0, 0.1) is 5.92 Å². The van der Waals surface area contributed by atoms with E-state index in [1.54, 1.807) is 0 Å². The van der Waals surface area contributed by atoms with Gasteiger partial charge in [-0.1, -0.05) is 12.8 Å². The Morgan fingerprint density at radius 2 is 1.89 bits per heavy atom. The summed E-state index contributed by atoms with van der Waals surface area (Å²) in [6.07, 6.45) is 7.46. The quantitative estimate of drug-likeness (QED) is 0.746. The van der Waals surface area contributed by atoms with Crippen molar-refractivity contribution < 1.29 is 9.53 Å². The number of nitrogens with one attached hydrogen (secondary N) is 1. The number of rotatable bonds is 6. The molecule has 0 radical (unpaired) electrons. The van der Waals surface area contributed by atoms with Crippen LogP contribution in [0.4, 0.5) is 0 Å². The zero-order chi connectivity index (χ0) is 13.7. The second-order valence-corrected chi connectivity index (χ2v) is 5.91. The number of hydrogen-bond donors (Lipinski definition) is 1. The van der Waals surface area contributed by atoms with E-state index >= 15 is 0 Å². The van der Waals surface area contributed by atoms with Gasteiger partial charge in [0, 0.05) is 6.54 Å². The molecule has 1 N–H and O–H groups in total. The average molecular weight is 268 g/mol. The van der Waals surface area contributed by atoms with Gasteiger partial charge in [0.15, 0.2) is 0 Å². The van der Waals surface area contributed by atoms with Crippen molar-refractivity contribution in [2.24, 2.45) is 5.92 Å². The predicted molar refractivity (Wildman–Crippen MR) is 76.1 cm³/mol. The molecule has 1 atom stereocenters. The second kappa shape index (κ2) is 6.71. The molecule has 1 saturated carbocycles. The lowest BCUT2D eigenvalue weighted by molar-refractivity contribution is -0.153. The van der Waals surface area contributed by atoms with Gasteiger partial charge >= 0.3 is 5.97 Å². The summed E-state index contributed by atoms with van der Waals surface area (Å²) in [6.45, 7) is 5.41. The van der Waals surface area contributed by atoms with Crippen molar-refractivity contribution in [3.63, 3.8) is 0 Å². The summed E-state index contributed by atoms with van der Waals surface area (Å²) in [5, 5.41) is 3.31. The third-order valence-electron chi connectivity index (χ3n) is 4.53. The molecule has 1 aliphatic heterocycles. The number of esters is 1. The third kappa shape index (κ3) is 3.48. The van der Waals surface area contributed by atoms with E-state index in [1.165, 1.54) is 25.7 Å². The minimum Gasteiger partial charge on any atom is -0.465 e. The first-order valence-corrected chi connectivity index (χ1v) is 7.81. The van der Waals surface area contributed by atoms with Crippen LogP contribution < -0.4 is 5.32 Å². The van der Waals surface area contributed by atoms with Gasteiger partial charge in [-0.05, 0) is 58.7 Å². The highest BCUT2D eigenvalue weighted by atomic mass is 16.5. The maximum Gasteiger partial charge on any atom is 0.327 e. The monoisotopic (exact) mass is 268 g/mol. The topological polar surface area (TPSA) is 41.6 Å². The van der Waals surface area contributed by atoms with Crippen molar-refractivity contribution in [3.05, 3.63) is 0 Å². The largest absolute Gasteiger partial charge is 0.465 e. The summed E-state index contributed by atoms with van der Waals surface area (Å²) < 4.78 is 5.34. The Hall–Kier alpha value is -0.610. The van der Waals surface area contributed by atoms with E-state index in [0.29, 0.717) is 12.5 Å². The Morgan fingerprint density at radius 3 is 2.37 bits per heavy atom. The molecule has 2 rings (SSSR count). The highest BCUT2D eigenvalue weighted by Crippen LogP contribution is 2.41. The highest BCUT2D eigenvalue weighted by Gasteiger charge is 2.51. The van der Waals surface area contributed by atoms with Gasteiger partial charge in [-0.3, -0.25) is 0 Å². The fourth-order valence-electron chi connectivity index (χ4n) is 3.23. The van der Waals surface area contributed by atoms with E-state index in [2.05, 4.69) is 10.2 Å². The van der Waals surface area contributed by atoms with Crippen molar-refractivity contribution in [1.29, 1.82) is 0 Å². The van der Waals surface area contributed by atoms with Crippen molar-refractivity contribution in [2.75, 3.05) is 33.3 Å². The molecule has 110 valence electrons. The number of hydrogen-bond acceptors (Lipinski definition) is 4. The van der Waals surface area contributed by atoms with Gasteiger partial charge in [-0.15, -0.1) is 0 Å². The summed E-state index contributed by atoms with van der Waals surface area (Å²) >= 11 is 0. The Balaban J connectivity index is 2.05. The van der Waals surface area contributed by atoms with Crippen molar-refractivity contribution in [2.45, 2.75) is 51.0 Å². The molecule has 2 aliphatic rings. The lowest BCUT2D eigenvalue weighted by Crippen LogP contribution is -2.60. The number of carbonyl (C=O) groups excluding carboxylic acids is 1. The fraction of sp³-hybridized carbons (Fsp3) is 0.933. The molecular weight excluding hydrogens is 240 g/mol. The number of nitrogens with zero attached hydrogens (tertiary/aromatic N) is 1. The van der Waals surface area contributed by atoms with E-state index in [4.69, 9.17) is 4.74 Å². The molecule has 4 nitrogen and oxygen atoms in total. The Labute approximate surface area is 116 Å². The van der Waals surface area contributed by atoms with Gasteiger partial charge in [-0.2, -0.15) is 0 Å². The molecule has 2 fully saturated rings. The Kier molecular flexibility index (Phi) is 5.22. The zero-order valence-electron chi connectivity index (χ0n) is 12.4. The standard InChI is InChI=1S/C15H28N2O2/c1-3-19-14(18)15(16-2,13-8-9-13)12-17-10-6-4-5-7-11-17/h13,16H,3-12H2,1-2H3. The molecule has 4 heteroatoms. The normalized spacial score (nSPS) is 24.5. The molecule has 1 saturated heterocycles. The molecule has 0 aromatic rings. The molecule has 0 aromatic heterocycles. The van der Waals surface area contributed by atoms with E-state index in [1.807, 2.05) is 14.0 Å². The Bertz CT molecular complexity index is 297. The van der Waals surface area contributed by atoms with E-state index in [0.717, 1.165) is 32.5 Å². The van der Waals surface area contributed by atoms with Crippen LogP contribution in [0.3, 0.4) is 0 Å². The molecular formula is C15H28N2O2. The molecule has 1 aliphatic carbocycles. The summed E-state index contributed by atoms with van der Waals surface area (Å²) in [5.74, 6) is 0.407. The zero-order valence-corrected chi connectivity index (χ0v) is 12.4. The van der Waals surface area contributed by atoms with Crippen LogP contribution in [0.15, 0.2) is 0 Å². The van der Waals surface area contributed by atoms with Crippen LogP contribution >= 0.6 is 0 Å². The predicted octanol–water partition coefficient (Wildman–Crippen LogP) is 1.79. The van der Waals surface area contributed by atoms with Crippen LogP contribution in [0.2, 0.25) is 0 Å². The number of likely N-dealkylation sites (tertiary alicyclic amines) is 1. The lowest BCUT2D eigenvalue weighted by atomic mass is 9.92. The summed E-state index contributed by atoms with van der Waals surface area (Å²) in [4.78, 5) is 14.9. The molecule has 1 unspecified atom stereocenters. The molecule has 0 amide bonds. The summed E-state index contributed by atoms with van der Waals surface area (Å²) in [6, 6.07) is 0. The number of carbonyl (C=O) groups is 1. The minimum absolute atomic E-state index is 0.0516. The van der Waals surface area contributed by atoms with Crippen LogP contribution in [-0.2, 0) is 9.53 Å². The smallest absolute Gasteiger partial charge is 0.327 e. The molecule has 1 heterocycles. The van der Waals surface area contributed by atoms with Gasteiger partial charge in [0.2, 0.25) is 0 Å².